The summed E-state index contributed by atoms with van der Waals surface area (Å²) in [4.78, 5) is 57.3. The number of nitrogens with one attached hydrogen (secondary N) is 2. The van der Waals surface area contributed by atoms with Crippen LogP contribution >= 0.6 is 11.3 Å². The number of hydrogen-bond donors (Lipinski definition) is 3. The molecule has 1 aromatic heterocycles. The molecular formula is C32H46N4O5S. The Morgan fingerprint density at radius 2 is 1.76 bits per heavy atom. The quantitative estimate of drug-likeness (QED) is 0.213. The summed E-state index contributed by atoms with van der Waals surface area (Å²) in [6, 6.07) is 6.00. The van der Waals surface area contributed by atoms with Crippen molar-refractivity contribution in [2.75, 3.05) is 6.54 Å². The number of amides is 3. The van der Waals surface area contributed by atoms with Crippen LogP contribution in [0.5, 0.6) is 0 Å². The fourth-order valence-electron chi connectivity index (χ4n) is 5.29. The molecule has 1 aromatic carbocycles. The van der Waals surface area contributed by atoms with Crippen molar-refractivity contribution in [3.63, 3.8) is 0 Å². The number of carbonyl (C=O) groups is 4. The molecule has 3 N–H and O–H groups in total. The highest BCUT2D eigenvalue weighted by Crippen LogP contribution is 2.29. The topological polar surface area (TPSA) is 129 Å². The van der Waals surface area contributed by atoms with Crippen molar-refractivity contribution in [2.45, 2.75) is 110 Å². The smallest absolute Gasteiger partial charge is 0.246 e. The number of hydrogen-bond acceptors (Lipinski definition) is 7. The minimum absolute atomic E-state index is 0.0391. The lowest BCUT2D eigenvalue weighted by atomic mass is 9.85. The Morgan fingerprint density at radius 1 is 1.10 bits per heavy atom. The zero-order valence-corrected chi connectivity index (χ0v) is 26.3. The average molecular weight is 599 g/mol. The zero-order chi connectivity index (χ0) is 30.9. The van der Waals surface area contributed by atoms with Crippen molar-refractivity contribution >= 4 is 35.3 Å². The molecule has 1 aliphatic rings. The predicted molar refractivity (Wildman–Crippen MR) is 165 cm³/mol. The van der Waals surface area contributed by atoms with Crippen LogP contribution in [0.4, 0.5) is 0 Å². The number of aryl methyl sites for hydroxylation is 1. The van der Waals surface area contributed by atoms with Gasteiger partial charge in [-0.15, -0.1) is 11.3 Å². The maximum atomic E-state index is 13.8. The van der Waals surface area contributed by atoms with E-state index in [4.69, 9.17) is 0 Å². The van der Waals surface area contributed by atoms with Gasteiger partial charge in [-0.1, -0.05) is 64.3 Å². The molecule has 230 valence electrons. The van der Waals surface area contributed by atoms with Gasteiger partial charge in [0.2, 0.25) is 17.7 Å². The number of carbonyl (C=O) groups excluding carboxylic acids is 4. The van der Waals surface area contributed by atoms with Gasteiger partial charge < -0.3 is 25.4 Å². The predicted octanol–water partition coefficient (Wildman–Crippen LogP) is 4.72. The van der Waals surface area contributed by atoms with Gasteiger partial charge in [0.25, 0.3) is 0 Å². The van der Waals surface area contributed by atoms with E-state index in [0.29, 0.717) is 19.3 Å². The molecule has 4 atom stereocenters. The number of aliphatic hydroxyl groups excluding tert-OH is 1. The lowest BCUT2D eigenvalue weighted by Crippen LogP contribution is -2.57. The number of aliphatic hydroxyl groups is 1. The molecule has 1 saturated heterocycles. The second-order valence-corrected chi connectivity index (χ2v) is 13.2. The largest absolute Gasteiger partial charge is 0.391 e. The van der Waals surface area contributed by atoms with Crippen LogP contribution in [0.2, 0.25) is 0 Å². The number of likely N-dealkylation sites (tertiary alicyclic amines) is 1. The number of rotatable bonds is 14. The van der Waals surface area contributed by atoms with E-state index in [9.17, 15) is 24.3 Å². The number of benzene rings is 1. The van der Waals surface area contributed by atoms with Gasteiger partial charge in [0.15, 0.2) is 0 Å². The van der Waals surface area contributed by atoms with Gasteiger partial charge in [0.05, 0.1) is 28.2 Å². The molecule has 10 heteroatoms. The van der Waals surface area contributed by atoms with Gasteiger partial charge in [0.1, 0.15) is 18.4 Å². The number of aromatic nitrogens is 1. The Balaban J connectivity index is 1.61. The zero-order valence-electron chi connectivity index (χ0n) is 25.5. The highest BCUT2D eigenvalue weighted by Gasteiger charge is 2.44. The first-order valence-corrected chi connectivity index (χ1v) is 15.8. The lowest BCUT2D eigenvalue weighted by Gasteiger charge is -2.35. The normalized spacial score (nSPS) is 18.4. The minimum atomic E-state index is -0.835. The van der Waals surface area contributed by atoms with Gasteiger partial charge in [-0.2, -0.15) is 0 Å². The van der Waals surface area contributed by atoms with Crippen LogP contribution in [-0.4, -0.2) is 63.7 Å². The first-order valence-electron chi connectivity index (χ1n) is 14.9. The van der Waals surface area contributed by atoms with E-state index in [1.807, 2.05) is 64.4 Å². The highest BCUT2D eigenvalue weighted by molar-refractivity contribution is 7.13. The number of unbranched alkanes of at least 4 members (excludes halogenated alkanes) is 5. The molecule has 0 saturated carbocycles. The first kappa shape index (κ1) is 33.4. The molecule has 0 aliphatic carbocycles. The maximum Gasteiger partial charge on any atom is 0.246 e. The van der Waals surface area contributed by atoms with Crippen molar-refractivity contribution in [1.29, 1.82) is 0 Å². The summed E-state index contributed by atoms with van der Waals surface area (Å²) in [5.74, 6) is -0.899. The summed E-state index contributed by atoms with van der Waals surface area (Å²) in [6.45, 7) is 9.54. The molecule has 42 heavy (non-hydrogen) atoms. The van der Waals surface area contributed by atoms with E-state index in [1.165, 1.54) is 4.90 Å². The molecule has 2 aromatic rings. The number of β-amino-alcohol motifs (C(OH)–C–C–N with tert-alkyl or cyclic N) is 1. The molecule has 9 nitrogen and oxygen atoms in total. The average Bonchev–Trinajstić information content (AvgIpc) is 3.55. The fraction of sp³-hybridized carbons (Fsp3) is 0.594. The molecule has 0 bridgehead atoms. The minimum Gasteiger partial charge on any atom is -0.391 e. The van der Waals surface area contributed by atoms with Gasteiger partial charge >= 0.3 is 0 Å². The van der Waals surface area contributed by atoms with Crippen LogP contribution in [-0.2, 0) is 19.2 Å². The Kier molecular flexibility index (Phi) is 12.2. The van der Waals surface area contributed by atoms with Gasteiger partial charge in [-0.3, -0.25) is 14.4 Å². The molecule has 1 aliphatic heterocycles. The van der Waals surface area contributed by atoms with E-state index in [2.05, 4.69) is 15.6 Å². The molecule has 2 heterocycles. The van der Waals surface area contributed by atoms with Crippen LogP contribution in [0.15, 0.2) is 29.8 Å². The monoisotopic (exact) mass is 598 g/mol. The Morgan fingerprint density at radius 3 is 2.38 bits per heavy atom. The second-order valence-electron chi connectivity index (χ2n) is 12.4. The molecule has 1 fully saturated rings. The van der Waals surface area contributed by atoms with Crippen molar-refractivity contribution < 1.29 is 24.3 Å². The summed E-state index contributed by atoms with van der Waals surface area (Å²) in [5.41, 5.74) is 4.20. The van der Waals surface area contributed by atoms with E-state index >= 15 is 0 Å². The standard InChI is InChI=1S/C32H46N4O5S/c1-21(23-13-15-24(16-14-23)28-22(2)33-20-42-28)34-30(40)26-18-25(38)19-36(26)31(41)29(32(3,4)5)35-27(39)12-10-8-6-7-9-11-17-37/h13-17,20-21,25-26,29,38H,6-12,18-19H2,1-5H3,(H,34,40)(H,35,39)/t21-,25+,26-,29?/m0/s1. The van der Waals surface area contributed by atoms with Crippen molar-refractivity contribution in [3.05, 3.63) is 41.0 Å². The fourth-order valence-corrected chi connectivity index (χ4v) is 6.10. The summed E-state index contributed by atoms with van der Waals surface area (Å²) >= 11 is 1.58. The van der Waals surface area contributed by atoms with E-state index in [1.54, 1.807) is 11.3 Å². The van der Waals surface area contributed by atoms with Gasteiger partial charge in [0, 0.05) is 25.8 Å². The molecule has 3 amide bonds. The van der Waals surface area contributed by atoms with Crippen LogP contribution in [0.25, 0.3) is 10.4 Å². The molecule has 0 radical (unpaired) electrons. The summed E-state index contributed by atoms with van der Waals surface area (Å²) in [6.07, 6.45) is 5.49. The van der Waals surface area contributed by atoms with Crippen molar-refractivity contribution in [1.82, 2.24) is 20.5 Å². The van der Waals surface area contributed by atoms with Crippen molar-refractivity contribution in [2.24, 2.45) is 5.41 Å². The van der Waals surface area contributed by atoms with E-state index < -0.39 is 23.6 Å². The van der Waals surface area contributed by atoms with E-state index in [-0.39, 0.29) is 36.7 Å². The van der Waals surface area contributed by atoms with Crippen LogP contribution in [0.1, 0.15) is 96.4 Å². The van der Waals surface area contributed by atoms with Crippen LogP contribution in [0.3, 0.4) is 0 Å². The first-order chi connectivity index (χ1) is 19.9. The Hall–Kier alpha value is -3.11. The highest BCUT2D eigenvalue weighted by atomic mass is 32.1. The third kappa shape index (κ3) is 9.19. The Bertz CT molecular complexity index is 1210. The van der Waals surface area contributed by atoms with Crippen LogP contribution in [0, 0.1) is 12.3 Å². The molecule has 1 unspecified atom stereocenters. The second kappa shape index (κ2) is 15.4. The van der Waals surface area contributed by atoms with E-state index in [0.717, 1.165) is 53.7 Å². The van der Waals surface area contributed by atoms with Gasteiger partial charge in [-0.05, 0) is 43.2 Å². The summed E-state index contributed by atoms with van der Waals surface area (Å²) < 4.78 is 0. The number of aldehydes is 1. The molecule has 3 rings (SSSR count). The van der Waals surface area contributed by atoms with Crippen molar-refractivity contribution in [3.8, 4) is 10.4 Å². The summed E-state index contributed by atoms with van der Waals surface area (Å²) in [7, 11) is 0. The maximum absolute atomic E-state index is 13.8. The number of nitrogens with zero attached hydrogens (tertiary/aromatic N) is 2. The molecule has 0 spiro atoms. The molecular weight excluding hydrogens is 552 g/mol. The third-order valence-corrected chi connectivity index (χ3v) is 8.76. The van der Waals surface area contributed by atoms with Crippen LogP contribution < -0.4 is 10.6 Å². The SMILES string of the molecule is Cc1ncsc1-c1ccc([C@H](C)NC(=O)[C@@H]2C[C@@H](O)CN2C(=O)C(NC(=O)CCCCCCCC=O)C(C)(C)C)cc1. The lowest BCUT2D eigenvalue weighted by molar-refractivity contribution is -0.144. The Labute approximate surface area is 253 Å². The number of thiazole rings is 1. The van der Waals surface area contributed by atoms with Gasteiger partial charge in [-0.25, -0.2) is 4.98 Å². The summed E-state index contributed by atoms with van der Waals surface area (Å²) in [5, 5.41) is 16.4. The third-order valence-electron chi connectivity index (χ3n) is 7.79.